The summed E-state index contributed by atoms with van der Waals surface area (Å²) in [6.45, 7) is 1.13. The standard InChI is InChI=1S/C15H17ClN2O3/c1-20-14-8-9-15(19)18(17-14)10-2-3-11-21-13-6-4-12(16)5-7-13/h4-9H,2-3,10-11H2,1H3. The van der Waals surface area contributed by atoms with Gasteiger partial charge in [-0.2, -0.15) is 0 Å². The second kappa shape index (κ2) is 7.69. The molecule has 1 aromatic carbocycles. The molecule has 0 amide bonds. The Morgan fingerprint density at radius 2 is 1.90 bits per heavy atom. The summed E-state index contributed by atoms with van der Waals surface area (Å²) >= 11 is 5.80. The third kappa shape index (κ3) is 4.79. The van der Waals surface area contributed by atoms with Gasteiger partial charge in [0.2, 0.25) is 5.88 Å². The molecule has 2 rings (SSSR count). The topological polar surface area (TPSA) is 53.4 Å². The van der Waals surface area contributed by atoms with Gasteiger partial charge in [-0.15, -0.1) is 5.10 Å². The van der Waals surface area contributed by atoms with Gasteiger partial charge in [0.15, 0.2) is 0 Å². The van der Waals surface area contributed by atoms with E-state index in [1.807, 2.05) is 12.1 Å². The molecule has 2 aromatic rings. The summed E-state index contributed by atoms with van der Waals surface area (Å²) in [4.78, 5) is 11.6. The minimum Gasteiger partial charge on any atom is -0.494 e. The van der Waals surface area contributed by atoms with E-state index in [0.29, 0.717) is 24.1 Å². The Balaban J connectivity index is 1.75. The van der Waals surface area contributed by atoms with Crippen molar-refractivity contribution in [1.29, 1.82) is 0 Å². The van der Waals surface area contributed by atoms with Crippen LogP contribution in [0.25, 0.3) is 0 Å². The van der Waals surface area contributed by atoms with Crippen LogP contribution in [0.3, 0.4) is 0 Å². The number of unbranched alkanes of at least 4 members (excludes halogenated alkanes) is 1. The van der Waals surface area contributed by atoms with Gasteiger partial charge in [0.1, 0.15) is 5.75 Å². The van der Waals surface area contributed by atoms with E-state index >= 15 is 0 Å². The van der Waals surface area contributed by atoms with Gasteiger partial charge in [-0.05, 0) is 37.1 Å². The highest BCUT2D eigenvalue weighted by atomic mass is 35.5. The Morgan fingerprint density at radius 1 is 1.14 bits per heavy atom. The number of rotatable bonds is 7. The van der Waals surface area contributed by atoms with Crippen LogP contribution < -0.4 is 15.0 Å². The van der Waals surface area contributed by atoms with Gasteiger partial charge >= 0.3 is 0 Å². The van der Waals surface area contributed by atoms with Crippen molar-refractivity contribution < 1.29 is 9.47 Å². The molecule has 21 heavy (non-hydrogen) atoms. The number of halogens is 1. The van der Waals surface area contributed by atoms with Crippen LogP contribution in [-0.4, -0.2) is 23.5 Å². The van der Waals surface area contributed by atoms with Gasteiger partial charge in [0.05, 0.1) is 13.7 Å². The van der Waals surface area contributed by atoms with Crippen molar-refractivity contribution in [3.05, 3.63) is 51.8 Å². The Morgan fingerprint density at radius 3 is 2.62 bits per heavy atom. The average Bonchev–Trinajstić information content (AvgIpc) is 2.50. The zero-order chi connectivity index (χ0) is 15.1. The summed E-state index contributed by atoms with van der Waals surface area (Å²) in [5.74, 6) is 1.23. The van der Waals surface area contributed by atoms with Gasteiger partial charge in [0, 0.05) is 23.7 Å². The van der Waals surface area contributed by atoms with E-state index < -0.39 is 0 Å². The largest absolute Gasteiger partial charge is 0.494 e. The van der Waals surface area contributed by atoms with Gasteiger partial charge in [-0.25, -0.2) is 4.68 Å². The molecular weight excluding hydrogens is 292 g/mol. The third-order valence-corrected chi connectivity index (χ3v) is 3.15. The molecular formula is C15H17ClN2O3. The second-order valence-electron chi connectivity index (χ2n) is 4.45. The number of nitrogens with zero attached hydrogens (tertiary/aromatic N) is 2. The maximum Gasteiger partial charge on any atom is 0.266 e. The lowest BCUT2D eigenvalue weighted by atomic mass is 10.3. The van der Waals surface area contributed by atoms with Crippen molar-refractivity contribution in [1.82, 2.24) is 9.78 Å². The number of benzene rings is 1. The van der Waals surface area contributed by atoms with Crippen LogP contribution in [0.5, 0.6) is 11.6 Å². The molecule has 0 aliphatic heterocycles. The van der Waals surface area contributed by atoms with Crippen molar-refractivity contribution in [2.45, 2.75) is 19.4 Å². The van der Waals surface area contributed by atoms with E-state index in [9.17, 15) is 4.79 Å². The third-order valence-electron chi connectivity index (χ3n) is 2.90. The molecule has 0 saturated carbocycles. The predicted octanol–water partition coefficient (Wildman–Crippen LogP) is 2.76. The molecule has 0 bridgehead atoms. The van der Waals surface area contributed by atoms with E-state index in [2.05, 4.69) is 5.10 Å². The Kier molecular flexibility index (Phi) is 5.63. The molecule has 1 aromatic heterocycles. The van der Waals surface area contributed by atoms with Crippen molar-refractivity contribution in [2.24, 2.45) is 0 Å². The smallest absolute Gasteiger partial charge is 0.266 e. The molecule has 6 heteroatoms. The van der Waals surface area contributed by atoms with Crippen molar-refractivity contribution in [2.75, 3.05) is 13.7 Å². The number of methoxy groups -OCH3 is 1. The highest BCUT2D eigenvalue weighted by Crippen LogP contribution is 2.15. The molecule has 0 aliphatic carbocycles. The number of aromatic nitrogens is 2. The lowest BCUT2D eigenvalue weighted by Crippen LogP contribution is -2.22. The average molecular weight is 309 g/mol. The fourth-order valence-electron chi connectivity index (χ4n) is 1.78. The van der Waals surface area contributed by atoms with Gasteiger partial charge < -0.3 is 9.47 Å². The Bertz CT molecular complexity index is 626. The first-order valence-corrected chi connectivity index (χ1v) is 7.07. The number of hydrogen-bond acceptors (Lipinski definition) is 4. The molecule has 0 unspecified atom stereocenters. The number of hydrogen-bond donors (Lipinski definition) is 0. The van der Waals surface area contributed by atoms with Crippen LogP contribution in [0, 0.1) is 0 Å². The second-order valence-corrected chi connectivity index (χ2v) is 4.88. The first-order chi connectivity index (χ1) is 10.2. The van der Waals surface area contributed by atoms with Crippen LogP contribution in [-0.2, 0) is 6.54 Å². The van der Waals surface area contributed by atoms with Gasteiger partial charge in [-0.1, -0.05) is 11.6 Å². The van der Waals surface area contributed by atoms with Crippen LogP contribution in [0.15, 0.2) is 41.2 Å². The fraction of sp³-hybridized carbons (Fsp3) is 0.333. The first-order valence-electron chi connectivity index (χ1n) is 6.69. The molecule has 0 atom stereocenters. The Labute approximate surface area is 128 Å². The molecule has 0 aliphatic rings. The minimum absolute atomic E-state index is 0.130. The molecule has 0 saturated heterocycles. The van der Waals surface area contributed by atoms with Crippen LogP contribution in [0.4, 0.5) is 0 Å². The highest BCUT2D eigenvalue weighted by molar-refractivity contribution is 6.30. The molecule has 112 valence electrons. The summed E-state index contributed by atoms with van der Waals surface area (Å²) in [6.07, 6.45) is 1.63. The zero-order valence-corrected chi connectivity index (χ0v) is 12.5. The first kappa shape index (κ1) is 15.4. The number of ether oxygens (including phenoxy) is 2. The summed E-state index contributed by atoms with van der Waals surface area (Å²) in [5, 5.41) is 4.77. The summed E-state index contributed by atoms with van der Waals surface area (Å²) in [7, 11) is 1.52. The van der Waals surface area contributed by atoms with E-state index in [1.165, 1.54) is 17.9 Å². The molecule has 0 radical (unpaired) electrons. The van der Waals surface area contributed by atoms with Crippen molar-refractivity contribution in [3.63, 3.8) is 0 Å². The monoisotopic (exact) mass is 308 g/mol. The number of aryl methyl sites for hydroxylation is 1. The zero-order valence-electron chi connectivity index (χ0n) is 11.8. The van der Waals surface area contributed by atoms with Gasteiger partial charge in [0.25, 0.3) is 5.56 Å². The quantitative estimate of drug-likeness (QED) is 0.738. The summed E-state index contributed by atoms with van der Waals surface area (Å²) < 4.78 is 12.0. The van der Waals surface area contributed by atoms with Crippen LogP contribution in [0.2, 0.25) is 5.02 Å². The summed E-state index contributed by atoms with van der Waals surface area (Å²) in [6, 6.07) is 10.2. The maximum atomic E-state index is 11.6. The van der Waals surface area contributed by atoms with Crippen LogP contribution >= 0.6 is 11.6 Å². The molecule has 0 N–H and O–H groups in total. The normalized spacial score (nSPS) is 10.4. The highest BCUT2D eigenvalue weighted by Gasteiger charge is 2.00. The molecule has 0 fully saturated rings. The van der Waals surface area contributed by atoms with E-state index in [1.54, 1.807) is 18.2 Å². The van der Waals surface area contributed by atoms with E-state index in [4.69, 9.17) is 21.1 Å². The van der Waals surface area contributed by atoms with Gasteiger partial charge in [-0.3, -0.25) is 4.79 Å². The minimum atomic E-state index is -0.130. The maximum absolute atomic E-state index is 11.6. The molecule has 1 heterocycles. The molecule has 0 spiro atoms. The van der Waals surface area contributed by atoms with Crippen molar-refractivity contribution >= 4 is 11.6 Å². The molecule has 5 nitrogen and oxygen atoms in total. The SMILES string of the molecule is COc1ccc(=O)n(CCCCOc2ccc(Cl)cc2)n1. The summed E-state index contributed by atoms with van der Waals surface area (Å²) in [5.41, 5.74) is -0.130. The van der Waals surface area contributed by atoms with Crippen molar-refractivity contribution in [3.8, 4) is 11.6 Å². The van der Waals surface area contributed by atoms with E-state index in [0.717, 1.165) is 18.6 Å². The lowest BCUT2D eigenvalue weighted by Gasteiger charge is -2.07. The lowest BCUT2D eigenvalue weighted by molar-refractivity contribution is 0.299. The fourth-order valence-corrected chi connectivity index (χ4v) is 1.91. The Hall–Kier alpha value is -2.01. The predicted molar refractivity (Wildman–Crippen MR) is 81.2 cm³/mol. The van der Waals surface area contributed by atoms with Crippen LogP contribution in [0.1, 0.15) is 12.8 Å². The van der Waals surface area contributed by atoms with E-state index in [-0.39, 0.29) is 5.56 Å².